The van der Waals surface area contributed by atoms with Crippen molar-refractivity contribution < 1.29 is 4.79 Å². The highest BCUT2D eigenvalue weighted by atomic mass is 16.1. The lowest BCUT2D eigenvalue weighted by Crippen LogP contribution is -2.28. The highest BCUT2D eigenvalue weighted by molar-refractivity contribution is 5.81. The van der Waals surface area contributed by atoms with Gasteiger partial charge in [-0.2, -0.15) is 10.5 Å². The number of carbonyl (C=O) groups excluding carboxylic acids is 1. The Morgan fingerprint density at radius 3 is 2.50 bits per heavy atom. The van der Waals surface area contributed by atoms with Gasteiger partial charge in [0.05, 0.1) is 24.0 Å². The van der Waals surface area contributed by atoms with Crippen molar-refractivity contribution in [3.05, 3.63) is 11.6 Å². The second-order valence-corrected chi connectivity index (χ2v) is 6.66. The van der Waals surface area contributed by atoms with Gasteiger partial charge < -0.3 is 0 Å². The fourth-order valence-corrected chi connectivity index (χ4v) is 2.60. The van der Waals surface area contributed by atoms with Crippen LogP contribution in [0.2, 0.25) is 0 Å². The Hall–Kier alpha value is -1.61. The molecule has 0 aromatic carbocycles. The van der Waals surface area contributed by atoms with Crippen molar-refractivity contribution in [3.8, 4) is 12.1 Å². The topological polar surface area (TPSA) is 64.7 Å². The molecular formula is C17H24N2O. The van der Waals surface area contributed by atoms with Gasteiger partial charge in [-0.15, -0.1) is 0 Å². The molecule has 0 amide bonds. The van der Waals surface area contributed by atoms with E-state index in [1.165, 1.54) is 5.57 Å². The van der Waals surface area contributed by atoms with E-state index in [0.29, 0.717) is 0 Å². The quantitative estimate of drug-likeness (QED) is 0.626. The van der Waals surface area contributed by atoms with Crippen molar-refractivity contribution in [1.29, 1.82) is 10.5 Å². The molecule has 0 spiro atoms. The minimum absolute atomic E-state index is 0.0516. The monoisotopic (exact) mass is 272 g/mol. The van der Waals surface area contributed by atoms with Crippen molar-refractivity contribution >= 4 is 5.78 Å². The Morgan fingerprint density at radius 1 is 1.30 bits per heavy atom. The number of ketones is 1. The molecule has 108 valence electrons. The highest BCUT2D eigenvalue weighted by Crippen LogP contribution is 2.36. The second kappa shape index (κ2) is 6.71. The molecule has 0 saturated carbocycles. The molecule has 0 N–H and O–H groups in total. The van der Waals surface area contributed by atoms with Gasteiger partial charge in [-0.05, 0) is 31.6 Å². The average molecular weight is 272 g/mol. The fraction of sp³-hybridized carbons (Fsp3) is 0.706. The number of nitriles is 2. The van der Waals surface area contributed by atoms with E-state index in [1.54, 1.807) is 0 Å². The van der Waals surface area contributed by atoms with Crippen molar-refractivity contribution in [2.24, 2.45) is 23.2 Å². The van der Waals surface area contributed by atoms with Crippen LogP contribution in [0.3, 0.4) is 0 Å². The molecule has 3 nitrogen and oxygen atoms in total. The summed E-state index contributed by atoms with van der Waals surface area (Å²) in [4.78, 5) is 12.3. The molecule has 3 atom stereocenters. The Balaban J connectivity index is 3.09. The zero-order chi connectivity index (χ0) is 15.3. The van der Waals surface area contributed by atoms with Gasteiger partial charge in [-0.25, -0.2) is 0 Å². The van der Waals surface area contributed by atoms with Gasteiger partial charge in [0.15, 0.2) is 0 Å². The molecule has 2 unspecified atom stereocenters. The van der Waals surface area contributed by atoms with Crippen molar-refractivity contribution in [3.63, 3.8) is 0 Å². The Labute approximate surface area is 122 Å². The Kier molecular flexibility index (Phi) is 5.52. The standard InChI is InChI=1S/C17H24N2O/c1-12-5-6-14(10-18)13(2)16(20)9-15(11-19)17(3,4)8-7-12/h7,13-15H,5-6,8-9H2,1-4H3/b12-7+/t13-,14?,15?/m1/s1. The summed E-state index contributed by atoms with van der Waals surface area (Å²) in [6.45, 7) is 7.98. The predicted molar refractivity (Wildman–Crippen MR) is 78.4 cm³/mol. The van der Waals surface area contributed by atoms with Crippen LogP contribution in [0.1, 0.15) is 53.4 Å². The van der Waals surface area contributed by atoms with Gasteiger partial charge in [0.25, 0.3) is 0 Å². The van der Waals surface area contributed by atoms with Crippen LogP contribution in [0.25, 0.3) is 0 Å². The van der Waals surface area contributed by atoms with Gasteiger partial charge in [0, 0.05) is 12.3 Å². The Morgan fingerprint density at radius 2 is 1.95 bits per heavy atom. The lowest BCUT2D eigenvalue weighted by Gasteiger charge is -2.29. The van der Waals surface area contributed by atoms with Crippen molar-refractivity contribution in [1.82, 2.24) is 0 Å². The van der Waals surface area contributed by atoms with E-state index in [2.05, 4.69) is 25.1 Å². The van der Waals surface area contributed by atoms with Crippen LogP contribution >= 0.6 is 0 Å². The molecule has 0 aromatic heterocycles. The normalized spacial score (nSPS) is 34.0. The van der Waals surface area contributed by atoms with Gasteiger partial charge in [0.2, 0.25) is 0 Å². The molecule has 3 heteroatoms. The minimum atomic E-state index is -0.293. The molecule has 1 aliphatic rings. The van der Waals surface area contributed by atoms with Gasteiger partial charge >= 0.3 is 0 Å². The first-order chi connectivity index (χ1) is 9.31. The third kappa shape index (κ3) is 3.94. The zero-order valence-corrected chi connectivity index (χ0v) is 12.9. The maximum absolute atomic E-state index is 12.3. The number of nitrogens with zero attached hydrogens (tertiary/aromatic N) is 2. The molecule has 0 fully saturated rings. The number of rotatable bonds is 0. The van der Waals surface area contributed by atoms with E-state index in [1.807, 2.05) is 20.8 Å². The van der Waals surface area contributed by atoms with Gasteiger partial charge in [-0.3, -0.25) is 4.79 Å². The number of Topliss-reactive ketones (excluding diaryl/α,β-unsaturated/α-hetero) is 1. The van der Waals surface area contributed by atoms with Gasteiger partial charge in [-0.1, -0.05) is 32.4 Å². The predicted octanol–water partition coefficient (Wildman–Crippen LogP) is 4.02. The number of hydrogen-bond acceptors (Lipinski definition) is 3. The third-order valence-electron chi connectivity index (χ3n) is 4.61. The molecule has 0 aliphatic heterocycles. The molecule has 0 aromatic rings. The maximum Gasteiger partial charge on any atom is 0.138 e. The second-order valence-electron chi connectivity index (χ2n) is 6.66. The summed E-state index contributed by atoms with van der Waals surface area (Å²) in [6, 6.07) is 4.56. The molecule has 1 rings (SSSR count). The van der Waals surface area contributed by atoms with Crippen LogP contribution in [0.15, 0.2) is 11.6 Å². The van der Waals surface area contributed by atoms with Crippen molar-refractivity contribution in [2.45, 2.75) is 53.4 Å². The minimum Gasteiger partial charge on any atom is -0.299 e. The SMILES string of the molecule is C/C1=C\CC(C)(C)C(C#N)CC(=O)[C@H](C)C(C#N)CC1. The van der Waals surface area contributed by atoms with E-state index in [9.17, 15) is 15.3 Å². The van der Waals surface area contributed by atoms with Crippen LogP contribution in [-0.4, -0.2) is 5.78 Å². The molecule has 20 heavy (non-hydrogen) atoms. The molecule has 0 radical (unpaired) electrons. The van der Waals surface area contributed by atoms with E-state index in [0.717, 1.165) is 19.3 Å². The summed E-state index contributed by atoms with van der Waals surface area (Å²) in [5.41, 5.74) is 1.04. The van der Waals surface area contributed by atoms with E-state index >= 15 is 0 Å². The molecular weight excluding hydrogens is 248 g/mol. The van der Waals surface area contributed by atoms with Crippen LogP contribution in [0, 0.1) is 45.8 Å². The number of hydrogen-bond donors (Lipinski definition) is 0. The fourth-order valence-electron chi connectivity index (χ4n) is 2.60. The largest absolute Gasteiger partial charge is 0.299 e. The zero-order valence-electron chi connectivity index (χ0n) is 12.9. The summed E-state index contributed by atoms with van der Waals surface area (Å²) in [7, 11) is 0. The van der Waals surface area contributed by atoms with Crippen molar-refractivity contribution in [2.75, 3.05) is 0 Å². The lowest BCUT2D eigenvalue weighted by molar-refractivity contribution is -0.124. The van der Waals surface area contributed by atoms with Crippen LogP contribution in [0.4, 0.5) is 0 Å². The van der Waals surface area contributed by atoms with E-state index < -0.39 is 0 Å². The van der Waals surface area contributed by atoms with Crippen LogP contribution in [-0.2, 0) is 4.79 Å². The van der Waals surface area contributed by atoms with E-state index in [4.69, 9.17) is 0 Å². The average Bonchev–Trinajstić information content (AvgIpc) is 2.42. The molecule has 0 bridgehead atoms. The summed E-state index contributed by atoms with van der Waals surface area (Å²) < 4.78 is 0. The van der Waals surface area contributed by atoms with E-state index in [-0.39, 0.29) is 35.4 Å². The first-order valence-corrected chi connectivity index (χ1v) is 7.29. The Bertz CT molecular complexity index is 476. The summed E-state index contributed by atoms with van der Waals surface area (Å²) in [6.07, 6.45) is 4.80. The lowest BCUT2D eigenvalue weighted by atomic mass is 9.73. The summed E-state index contributed by atoms with van der Waals surface area (Å²) in [5, 5.41) is 18.6. The van der Waals surface area contributed by atoms with Gasteiger partial charge in [0.1, 0.15) is 5.78 Å². The maximum atomic E-state index is 12.3. The first-order valence-electron chi connectivity index (χ1n) is 7.29. The summed E-state index contributed by atoms with van der Waals surface area (Å²) >= 11 is 0. The molecule has 1 aliphatic carbocycles. The molecule has 0 heterocycles. The first kappa shape index (κ1) is 16.4. The smallest absolute Gasteiger partial charge is 0.138 e. The number of carbonyl (C=O) groups is 1. The van der Waals surface area contributed by atoms with Crippen LogP contribution < -0.4 is 0 Å². The van der Waals surface area contributed by atoms with Crippen LogP contribution in [0.5, 0.6) is 0 Å². The molecule has 0 saturated heterocycles. The summed E-state index contributed by atoms with van der Waals surface area (Å²) in [5.74, 6) is -0.765. The number of allylic oxidation sites excluding steroid dienone is 2. The highest BCUT2D eigenvalue weighted by Gasteiger charge is 2.34. The third-order valence-corrected chi connectivity index (χ3v) is 4.61.